The van der Waals surface area contributed by atoms with E-state index in [0.717, 1.165) is 29.7 Å². The smallest absolute Gasteiger partial charge is 0.255 e. The second kappa shape index (κ2) is 6.62. The van der Waals surface area contributed by atoms with Crippen molar-refractivity contribution in [3.8, 4) is 0 Å². The molecule has 0 aliphatic carbocycles. The summed E-state index contributed by atoms with van der Waals surface area (Å²) >= 11 is 0. The summed E-state index contributed by atoms with van der Waals surface area (Å²) in [4.78, 5) is 14.3. The molecule has 23 heavy (non-hydrogen) atoms. The van der Waals surface area contributed by atoms with E-state index in [1.165, 1.54) is 0 Å². The molecule has 1 heterocycles. The molecule has 0 saturated heterocycles. The highest BCUT2D eigenvalue weighted by molar-refractivity contribution is 6.05. The fourth-order valence-electron chi connectivity index (χ4n) is 2.35. The average molecular weight is 308 g/mol. The first kappa shape index (κ1) is 15.2. The Hall–Kier alpha value is -2.66. The zero-order valence-corrected chi connectivity index (χ0v) is 13.4. The monoisotopic (exact) mass is 308 g/mol. The summed E-state index contributed by atoms with van der Waals surface area (Å²) in [5, 5.41) is 8.55. The van der Waals surface area contributed by atoms with Gasteiger partial charge in [0.25, 0.3) is 5.91 Å². The van der Waals surface area contributed by atoms with Crippen LogP contribution in [0.25, 0.3) is 10.9 Å². The van der Waals surface area contributed by atoms with E-state index in [1.807, 2.05) is 61.4 Å². The molecule has 5 nitrogen and oxygen atoms in total. The minimum atomic E-state index is -0.114. The number of benzene rings is 2. The molecule has 5 heteroatoms. The number of carbonyl (C=O) groups excluding carboxylic acids is 1. The summed E-state index contributed by atoms with van der Waals surface area (Å²) < 4.78 is 1.94. The van der Waals surface area contributed by atoms with Gasteiger partial charge in [0.1, 0.15) is 0 Å². The van der Waals surface area contributed by atoms with E-state index in [2.05, 4.69) is 15.3 Å². The van der Waals surface area contributed by atoms with Gasteiger partial charge in [-0.2, -0.15) is 5.10 Å². The molecule has 1 amide bonds. The van der Waals surface area contributed by atoms with Crippen molar-refractivity contribution in [1.29, 1.82) is 0 Å². The standard InChI is InChI=1S/C18H20N4O/c1-21(2)10-11-22-13-15-8-9-16(12-17(15)20-22)19-18(23)14-6-4-3-5-7-14/h3-9,12-13H,10-11H2,1-2H3,(H,19,23). The molecule has 0 fully saturated rings. The lowest BCUT2D eigenvalue weighted by atomic mass is 10.2. The third-order valence-electron chi connectivity index (χ3n) is 3.62. The molecule has 3 aromatic rings. The highest BCUT2D eigenvalue weighted by Gasteiger charge is 2.07. The molecule has 0 saturated carbocycles. The lowest BCUT2D eigenvalue weighted by molar-refractivity contribution is 0.102. The van der Waals surface area contributed by atoms with Gasteiger partial charge in [0.05, 0.1) is 12.1 Å². The Bertz CT molecular complexity index is 808. The van der Waals surface area contributed by atoms with E-state index in [4.69, 9.17) is 0 Å². The van der Waals surface area contributed by atoms with E-state index >= 15 is 0 Å². The molecule has 3 rings (SSSR count). The Morgan fingerprint density at radius 2 is 1.96 bits per heavy atom. The molecule has 1 N–H and O–H groups in total. The highest BCUT2D eigenvalue weighted by atomic mass is 16.1. The van der Waals surface area contributed by atoms with Gasteiger partial charge in [-0.15, -0.1) is 0 Å². The Labute approximate surface area is 135 Å². The number of nitrogens with one attached hydrogen (secondary N) is 1. The zero-order valence-electron chi connectivity index (χ0n) is 13.4. The molecule has 0 aliphatic heterocycles. The molecule has 0 unspecified atom stereocenters. The third kappa shape index (κ3) is 3.76. The molecule has 0 atom stereocenters. The number of amides is 1. The van der Waals surface area contributed by atoms with Gasteiger partial charge in [0.15, 0.2) is 0 Å². The van der Waals surface area contributed by atoms with Crippen LogP contribution in [0.1, 0.15) is 10.4 Å². The van der Waals surface area contributed by atoms with Gasteiger partial charge in [-0.1, -0.05) is 18.2 Å². The number of likely N-dealkylation sites (N-methyl/N-ethyl adjacent to an activating group) is 1. The van der Waals surface area contributed by atoms with Gasteiger partial charge in [-0.05, 0) is 44.4 Å². The van der Waals surface area contributed by atoms with Crippen molar-refractivity contribution >= 4 is 22.5 Å². The van der Waals surface area contributed by atoms with E-state index in [1.54, 1.807) is 12.1 Å². The van der Waals surface area contributed by atoms with E-state index in [-0.39, 0.29) is 5.91 Å². The summed E-state index contributed by atoms with van der Waals surface area (Å²) in [7, 11) is 4.08. The van der Waals surface area contributed by atoms with Crippen molar-refractivity contribution in [1.82, 2.24) is 14.7 Å². The van der Waals surface area contributed by atoms with Crippen molar-refractivity contribution < 1.29 is 4.79 Å². The highest BCUT2D eigenvalue weighted by Crippen LogP contribution is 2.18. The Kier molecular flexibility index (Phi) is 4.39. The van der Waals surface area contributed by atoms with Crippen LogP contribution in [-0.4, -0.2) is 41.2 Å². The quantitative estimate of drug-likeness (QED) is 0.788. The predicted octanol–water partition coefficient (Wildman–Crippen LogP) is 2.85. The van der Waals surface area contributed by atoms with Gasteiger partial charge >= 0.3 is 0 Å². The molecule has 0 bridgehead atoms. The van der Waals surface area contributed by atoms with Crippen LogP contribution < -0.4 is 5.32 Å². The summed E-state index contributed by atoms with van der Waals surface area (Å²) in [6.07, 6.45) is 2.03. The maximum absolute atomic E-state index is 12.2. The predicted molar refractivity (Wildman–Crippen MR) is 92.7 cm³/mol. The van der Waals surface area contributed by atoms with E-state index in [0.29, 0.717) is 5.56 Å². The fourth-order valence-corrected chi connectivity index (χ4v) is 2.35. The lowest BCUT2D eigenvalue weighted by Crippen LogP contribution is -2.18. The van der Waals surface area contributed by atoms with E-state index < -0.39 is 0 Å². The topological polar surface area (TPSA) is 50.2 Å². The van der Waals surface area contributed by atoms with Crippen molar-refractivity contribution in [3.63, 3.8) is 0 Å². The van der Waals surface area contributed by atoms with Crippen LogP contribution in [0, 0.1) is 0 Å². The van der Waals surface area contributed by atoms with Crippen molar-refractivity contribution in [2.75, 3.05) is 26.0 Å². The lowest BCUT2D eigenvalue weighted by Gasteiger charge is -2.08. The van der Waals surface area contributed by atoms with Gasteiger partial charge < -0.3 is 10.2 Å². The molecule has 2 aromatic carbocycles. The van der Waals surface area contributed by atoms with Crippen LogP contribution in [-0.2, 0) is 6.54 Å². The second-order valence-corrected chi connectivity index (χ2v) is 5.79. The summed E-state index contributed by atoms with van der Waals surface area (Å²) in [6, 6.07) is 15.0. The number of anilines is 1. The normalized spacial score (nSPS) is 11.1. The van der Waals surface area contributed by atoms with Gasteiger partial charge in [0, 0.05) is 29.4 Å². The third-order valence-corrected chi connectivity index (χ3v) is 3.62. The van der Waals surface area contributed by atoms with Crippen molar-refractivity contribution in [2.45, 2.75) is 6.54 Å². The number of hydrogen-bond acceptors (Lipinski definition) is 3. The number of aromatic nitrogens is 2. The number of fused-ring (bicyclic) bond motifs is 1. The van der Waals surface area contributed by atoms with Crippen LogP contribution in [0.3, 0.4) is 0 Å². The van der Waals surface area contributed by atoms with Crippen molar-refractivity contribution in [2.24, 2.45) is 0 Å². The fraction of sp³-hybridized carbons (Fsp3) is 0.222. The first-order valence-corrected chi connectivity index (χ1v) is 7.60. The van der Waals surface area contributed by atoms with Gasteiger partial charge in [-0.3, -0.25) is 9.48 Å². The van der Waals surface area contributed by atoms with Crippen LogP contribution in [0.15, 0.2) is 54.7 Å². The molecule has 0 radical (unpaired) electrons. The van der Waals surface area contributed by atoms with Gasteiger partial charge in [0.2, 0.25) is 0 Å². The van der Waals surface area contributed by atoms with Gasteiger partial charge in [-0.25, -0.2) is 0 Å². The molecular formula is C18H20N4O. The summed E-state index contributed by atoms with van der Waals surface area (Å²) in [6.45, 7) is 1.78. The molecule has 0 aliphatic rings. The Morgan fingerprint density at radius 1 is 1.17 bits per heavy atom. The van der Waals surface area contributed by atoms with Crippen LogP contribution >= 0.6 is 0 Å². The van der Waals surface area contributed by atoms with Crippen LogP contribution in [0.5, 0.6) is 0 Å². The number of nitrogens with zero attached hydrogens (tertiary/aromatic N) is 3. The largest absolute Gasteiger partial charge is 0.322 e. The van der Waals surface area contributed by atoms with Crippen molar-refractivity contribution in [3.05, 3.63) is 60.3 Å². The number of hydrogen-bond donors (Lipinski definition) is 1. The van der Waals surface area contributed by atoms with Crippen LogP contribution in [0.4, 0.5) is 5.69 Å². The minimum absolute atomic E-state index is 0.114. The second-order valence-electron chi connectivity index (χ2n) is 5.79. The van der Waals surface area contributed by atoms with E-state index in [9.17, 15) is 4.79 Å². The molecule has 1 aromatic heterocycles. The minimum Gasteiger partial charge on any atom is -0.322 e. The maximum Gasteiger partial charge on any atom is 0.255 e. The number of carbonyl (C=O) groups is 1. The number of rotatable bonds is 5. The van der Waals surface area contributed by atoms with Crippen LogP contribution in [0.2, 0.25) is 0 Å². The molecule has 118 valence electrons. The molecular weight excluding hydrogens is 288 g/mol. The first-order valence-electron chi connectivity index (χ1n) is 7.60. The SMILES string of the molecule is CN(C)CCn1cc2ccc(NC(=O)c3ccccc3)cc2n1. The zero-order chi connectivity index (χ0) is 16.2. The average Bonchev–Trinajstić information content (AvgIpc) is 2.96. The summed E-state index contributed by atoms with van der Waals surface area (Å²) in [5.41, 5.74) is 2.28. The summed E-state index contributed by atoms with van der Waals surface area (Å²) in [5.74, 6) is -0.114. The maximum atomic E-state index is 12.2. The Morgan fingerprint density at radius 3 is 2.70 bits per heavy atom. The molecule has 0 spiro atoms. The Balaban J connectivity index is 1.76. The first-order chi connectivity index (χ1) is 11.1.